The molecule has 0 spiro atoms. The number of hydrogen-bond acceptors (Lipinski definition) is 6. The van der Waals surface area contributed by atoms with Gasteiger partial charge in [0.05, 0.1) is 19.1 Å². The SMILES string of the molecule is CCOc1cc(C2C(C#N)=C(N)Oc3cc(O)ccc32)ccc1OCC(C)C. The molecule has 3 rings (SSSR count). The minimum absolute atomic E-state index is 0.0312. The molecule has 1 heterocycles. The summed E-state index contributed by atoms with van der Waals surface area (Å²) in [6.07, 6.45) is 0. The Morgan fingerprint density at radius 1 is 1.18 bits per heavy atom. The maximum absolute atomic E-state index is 9.77. The average Bonchev–Trinajstić information content (AvgIpc) is 2.65. The summed E-state index contributed by atoms with van der Waals surface area (Å²) in [5.41, 5.74) is 7.88. The number of nitrogens with two attached hydrogens (primary N) is 1. The third-order valence-electron chi connectivity index (χ3n) is 4.38. The number of rotatable bonds is 6. The molecule has 2 aromatic rings. The van der Waals surface area contributed by atoms with Crippen LogP contribution in [0.3, 0.4) is 0 Å². The Hall–Kier alpha value is -3.33. The van der Waals surface area contributed by atoms with Gasteiger partial charge in [0.2, 0.25) is 5.88 Å². The van der Waals surface area contributed by atoms with E-state index in [0.29, 0.717) is 42.0 Å². The summed E-state index contributed by atoms with van der Waals surface area (Å²) >= 11 is 0. The second kappa shape index (κ2) is 8.13. The fourth-order valence-electron chi connectivity index (χ4n) is 3.14. The average molecular weight is 380 g/mol. The van der Waals surface area contributed by atoms with Crippen LogP contribution in [0.15, 0.2) is 47.9 Å². The quantitative estimate of drug-likeness (QED) is 0.785. The maximum Gasteiger partial charge on any atom is 0.205 e. The van der Waals surface area contributed by atoms with E-state index in [4.69, 9.17) is 19.9 Å². The monoisotopic (exact) mass is 380 g/mol. The normalized spacial score (nSPS) is 15.6. The van der Waals surface area contributed by atoms with Gasteiger partial charge in [-0.3, -0.25) is 0 Å². The van der Waals surface area contributed by atoms with E-state index in [1.807, 2.05) is 25.1 Å². The number of benzene rings is 2. The van der Waals surface area contributed by atoms with E-state index in [2.05, 4.69) is 19.9 Å². The molecule has 3 N–H and O–H groups in total. The molecule has 1 aliphatic heterocycles. The predicted octanol–water partition coefficient (Wildman–Crippen LogP) is 4.04. The molecular weight excluding hydrogens is 356 g/mol. The number of allylic oxidation sites excluding steroid dienone is 1. The molecule has 6 heteroatoms. The Balaban J connectivity index is 2.08. The van der Waals surface area contributed by atoms with E-state index in [1.54, 1.807) is 12.1 Å². The standard InChI is InChI=1S/C22H24N2O4/c1-4-26-20-9-14(5-8-18(20)27-12-13(2)3)21-16-7-6-15(25)10-19(16)28-22(24)17(21)11-23/h5-10,13,21,25H,4,12,24H2,1-3H3. The molecule has 0 saturated heterocycles. The summed E-state index contributed by atoms with van der Waals surface area (Å²) in [5, 5.41) is 19.4. The van der Waals surface area contributed by atoms with Gasteiger partial charge >= 0.3 is 0 Å². The molecule has 1 unspecified atom stereocenters. The summed E-state index contributed by atoms with van der Waals surface area (Å²) in [6.45, 7) is 7.13. The topological polar surface area (TPSA) is 97.7 Å². The second-order valence-electron chi connectivity index (χ2n) is 6.99. The van der Waals surface area contributed by atoms with Crippen molar-refractivity contribution in [3.05, 3.63) is 59.0 Å². The van der Waals surface area contributed by atoms with Gasteiger partial charge in [0, 0.05) is 11.6 Å². The minimum Gasteiger partial charge on any atom is -0.508 e. The number of phenols is 1. The summed E-state index contributed by atoms with van der Waals surface area (Å²) in [7, 11) is 0. The number of fused-ring (bicyclic) bond motifs is 1. The number of hydrogen-bond donors (Lipinski definition) is 2. The van der Waals surface area contributed by atoms with Gasteiger partial charge in [0.15, 0.2) is 11.5 Å². The van der Waals surface area contributed by atoms with Crippen LogP contribution < -0.4 is 19.9 Å². The number of phenolic OH excluding ortho intramolecular Hbond substituents is 1. The van der Waals surface area contributed by atoms with Gasteiger partial charge in [-0.05, 0) is 36.6 Å². The van der Waals surface area contributed by atoms with Crippen molar-refractivity contribution in [2.45, 2.75) is 26.7 Å². The smallest absolute Gasteiger partial charge is 0.205 e. The lowest BCUT2D eigenvalue weighted by atomic mass is 9.83. The molecule has 0 fully saturated rings. The molecule has 0 amide bonds. The lowest BCUT2D eigenvalue weighted by Gasteiger charge is -2.27. The maximum atomic E-state index is 9.77. The minimum atomic E-state index is -0.423. The molecule has 28 heavy (non-hydrogen) atoms. The highest BCUT2D eigenvalue weighted by Gasteiger charge is 2.31. The van der Waals surface area contributed by atoms with Gasteiger partial charge in [0.1, 0.15) is 23.1 Å². The molecule has 0 aliphatic carbocycles. The van der Waals surface area contributed by atoms with Crippen LogP contribution >= 0.6 is 0 Å². The Morgan fingerprint density at radius 3 is 2.64 bits per heavy atom. The fourth-order valence-corrected chi connectivity index (χ4v) is 3.14. The lowest BCUT2D eigenvalue weighted by Crippen LogP contribution is -2.21. The molecule has 1 aliphatic rings. The Labute approximate surface area is 164 Å². The first-order chi connectivity index (χ1) is 13.4. The largest absolute Gasteiger partial charge is 0.508 e. The van der Waals surface area contributed by atoms with E-state index in [1.165, 1.54) is 6.07 Å². The lowest BCUT2D eigenvalue weighted by molar-refractivity contribution is 0.248. The van der Waals surface area contributed by atoms with Gasteiger partial charge in [-0.1, -0.05) is 26.0 Å². The van der Waals surface area contributed by atoms with Crippen LogP contribution in [0.1, 0.15) is 37.8 Å². The summed E-state index contributed by atoms with van der Waals surface area (Å²) in [6, 6.07) is 12.6. The predicted molar refractivity (Wildman–Crippen MR) is 105 cm³/mol. The molecule has 0 saturated carbocycles. The van der Waals surface area contributed by atoms with Crippen molar-refractivity contribution in [1.29, 1.82) is 5.26 Å². The first kappa shape index (κ1) is 19.4. The zero-order valence-electron chi connectivity index (χ0n) is 16.2. The van der Waals surface area contributed by atoms with Crippen LogP contribution in [0.4, 0.5) is 0 Å². The van der Waals surface area contributed by atoms with Crippen LogP contribution in [0.2, 0.25) is 0 Å². The Bertz CT molecular complexity index is 944. The van der Waals surface area contributed by atoms with Crippen LogP contribution in [-0.2, 0) is 0 Å². The van der Waals surface area contributed by atoms with Crippen molar-refractivity contribution < 1.29 is 19.3 Å². The van der Waals surface area contributed by atoms with Crippen molar-refractivity contribution in [3.8, 4) is 29.1 Å². The second-order valence-corrected chi connectivity index (χ2v) is 6.99. The highest BCUT2D eigenvalue weighted by atomic mass is 16.5. The number of aromatic hydroxyl groups is 1. The zero-order valence-corrected chi connectivity index (χ0v) is 16.2. The third-order valence-corrected chi connectivity index (χ3v) is 4.38. The van der Waals surface area contributed by atoms with E-state index in [-0.39, 0.29) is 11.6 Å². The van der Waals surface area contributed by atoms with Crippen molar-refractivity contribution in [2.24, 2.45) is 11.7 Å². The number of nitrogens with zero attached hydrogens (tertiary/aromatic N) is 1. The van der Waals surface area contributed by atoms with Crippen molar-refractivity contribution in [2.75, 3.05) is 13.2 Å². The Kier molecular flexibility index (Phi) is 5.65. The van der Waals surface area contributed by atoms with Crippen molar-refractivity contribution >= 4 is 0 Å². The zero-order chi connectivity index (χ0) is 20.3. The van der Waals surface area contributed by atoms with E-state index < -0.39 is 5.92 Å². The van der Waals surface area contributed by atoms with Crippen LogP contribution in [-0.4, -0.2) is 18.3 Å². The van der Waals surface area contributed by atoms with Gasteiger partial charge < -0.3 is 25.1 Å². The van der Waals surface area contributed by atoms with Gasteiger partial charge in [-0.2, -0.15) is 5.26 Å². The molecular formula is C22H24N2O4. The van der Waals surface area contributed by atoms with Crippen molar-refractivity contribution in [3.63, 3.8) is 0 Å². The fraction of sp³-hybridized carbons (Fsp3) is 0.318. The summed E-state index contributed by atoms with van der Waals surface area (Å²) in [4.78, 5) is 0. The highest BCUT2D eigenvalue weighted by Crippen LogP contribution is 2.45. The molecule has 0 aromatic heterocycles. The third kappa shape index (κ3) is 3.84. The van der Waals surface area contributed by atoms with Crippen LogP contribution in [0.25, 0.3) is 0 Å². The van der Waals surface area contributed by atoms with Crippen molar-refractivity contribution in [1.82, 2.24) is 0 Å². The van der Waals surface area contributed by atoms with Crippen LogP contribution in [0.5, 0.6) is 23.0 Å². The Morgan fingerprint density at radius 2 is 1.96 bits per heavy atom. The first-order valence-corrected chi connectivity index (χ1v) is 9.24. The van der Waals surface area contributed by atoms with E-state index in [9.17, 15) is 10.4 Å². The number of nitriles is 1. The molecule has 146 valence electrons. The molecule has 2 aromatic carbocycles. The summed E-state index contributed by atoms with van der Waals surface area (Å²) in [5.74, 6) is 1.77. The molecule has 1 atom stereocenters. The first-order valence-electron chi connectivity index (χ1n) is 9.24. The summed E-state index contributed by atoms with van der Waals surface area (Å²) < 4.78 is 17.2. The molecule has 6 nitrogen and oxygen atoms in total. The number of ether oxygens (including phenoxy) is 3. The van der Waals surface area contributed by atoms with Gasteiger partial charge in [-0.15, -0.1) is 0 Å². The van der Waals surface area contributed by atoms with E-state index >= 15 is 0 Å². The molecule has 0 radical (unpaired) electrons. The molecule has 0 bridgehead atoms. The van der Waals surface area contributed by atoms with Gasteiger partial charge in [-0.25, -0.2) is 0 Å². The van der Waals surface area contributed by atoms with Crippen LogP contribution in [0, 0.1) is 17.2 Å². The van der Waals surface area contributed by atoms with Gasteiger partial charge in [0.25, 0.3) is 0 Å². The highest BCUT2D eigenvalue weighted by molar-refractivity contribution is 5.58. The van der Waals surface area contributed by atoms with E-state index in [0.717, 1.165) is 11.1 Å².